The Kier molecular flexibility index (Phi) is 7.47. The number of fused-ring (bicyclic) bond motifs is 3. The van der Waals surface area contributed by atoms with E-state index in [0.29, 0.717) is 19.4 Å². The van der Waals surface area contributed by atoms with Crippen molar-refractivity contribution in [3.05, 3.63) is 59.7 Å². The Morgan fingerprint density at radius 1 is 1.09 bits per heavy atom. The van der Waals surface area contributed by atoms with Crippen LogP contribution in [-0.4, -0.2) is 55.0 Å². The molecule has 2 aromatic rings. The molecule has 2 aromatic carbocycles. The van der Waals surface area contributed by atoms with E-state index < -0.39 is 24.2 Å². The van der Waals surface area contributed by atoms with Gasteiger partial charge in [0.25, 0.3) is 0 Å². The van der Waals surface area contributed by atoms with Gasteiger partial charge in [0.1, 0.15) is 12.7 Å². The van der Waals surface area contributed by atoms with Gasteiger partial charge >= 0.3 is 12.1 Å². The molecule has 1 aliphatic carbocycles. The van der Waals surface area contributed by atoms with Crippen LogP contribution in [0.25, 0.3) is 11.1 Å². The molecule has 0 spiro atoms. The first-order valence-corrected chi connectivity index (χ1v) is 11.7. The van der Waals surface area contributed by atoms with Gasteiger partial charge in [-0.05, 0) is 35.1 Å². The molecule has 8 nitrogen and oxygen atoms in total. The van der Waals surface area contributed by atoms with Crippen LogP contribution in [0, 0.1) is 5.92 Å². The van der Waals surface area contributed by atoms with Gasteiger partial charge in [0, 0.05) is 31.0 Å². The van der Waals surface area contributed by atoms with Gasteiger partial charge < -0.3 is 25.2 Å². The zero-order valence-electron chi connectivity index (χ0n) is 19.2. The lowest BCUT2D eigenvalue weighted by Gasteiger charge is -2.22. The topological polar surface area (TPSA) is 114 Å². The highest BCUT2D eigenvalue weighted by molar-refractivity contribution is 5.82. The molecule has 1 aliphatic heterocycles. The Morgan fingerprint density at radius 2 is 1.74 bits per heavy atom. The van der Waals surface area contributed by atoms with Crippen molar-refractivity contribution in [1.29, 1.82) is 0 Å². The molecule has 0 saturated carbocycles. The molecular formula is C26H30N2O6. The van der Waals surface area contributed by atoms with Gasteiger partial charge in [-0.25, -0.2) is 4.79 Å². The average molecular weight is 467 g/mol. The fourth-order valence-electron chi connectivity index (χ4n) is 4.79. The maximum Gasteiger partial charge on any atom is 0.407 e. The number of hydrogen-bond donors (Lipinski definition) is 3. The third kappa shape index (κ3) is 5.22. The Bertz CT molecular complexity index is 1010. The van der Waals surface area contributed by atoms with Gasteiger partial charge in [-0.1, -0.05) is 55.5 Å². The predicted molar refractivity (Wildman–Crippen MR) is 125 cm³/mol. The third-order valence-electron chi connectivity index (χ3n) is 6.59. The van der Waals surface area contributed by atoms with Crippen LogP contribution < -0.4 is 10.6 Å². The summed E-state index contributed by atoms with van der Waals surface area (Å²) in [6, 6.07) is 15.8. The average Bonchev–Trinajstić information content (AvgIpc) is 3.43. The summed E-state index contributed by atoms with van der Waals surface area (Å²) in [6.45, 7) is 2.69. The molecule has 3 N–H and O–H groups in total. The highest BCUT2D eigenvalue weighted by atomic mass is 16.5. The second kappa shape index (κ2) is 10.7. The number of carboxylic acids is 1. The van der Waals surface area contributed by atoms with E-state index in [0.717, 1.165) is 22.3 Å². The van der Waals surface area contributed by atoms with Crippen molar-refractivity contribution in [3.8, 4) is 11.1 Å². The summed E-state index contributed by atoms with van der Waals surface area (Å²) in [5, 5.41) is 14.5. The highest BCUT2D eigenvalue weighted by Gasteiger charge is 2.35. The number of hydrogen-bond acceptors (Lipinski definition) is 5. The number of benzene rings is 2. The van der Waals surface area contributed by atoms with Crippen LogP contribution in [0.4, 0.5) is 4.79 Å². The highest BCUT2D eigenvalue weighted by Crippen LogP contribution is 2.44. The summed E-state index contributed by atoms with van der Waals surface area (Å²) in [5.41, 5.74) is 4.61. The summed E-state index contributed by atoms with van der Waals surface area (Å²) < 4.78 is 11.1. The second-order valence-corrected chi connectivity index (χ2v) is 8.76. The van der Waals surface area contributed by atoms with E-state index in [4.69, 9.17) is 14.6 Å². The van der Waals surface area contributed by atoms with Gasteiger partial charge in [0.2, 0.25) is 5.91 Å². The molecule has 180 valence electrons. The van der Waals surface area contributed by atoms with Gasteiger partial charge in [0.15, 0.2) is 0 Å². The molecule has 4 rings (SSSR count). The van der Waals surface area contributed by atoms with Crippen molar-refractivity contribution in [3.63, 3.8) is 0 Å². The summed E-state index contributed by atoms with van der Waals surface area (Å²) in [4.78, 5) is 36.0. The monoisotopic (exact) mass is 466 g/mol. The van der Waals surface area contributed by atoms with Crippen LogP contribution in [0.1, 0.15) is 43.2 Å². The van der Waals surface area contributed by atoms with E-state index in [1.54, 1.807) is 0 Å². The van der Waals surface area contributed by atoms with Gasteiger partial charge in [-0.3, -0.25) is 9.59 Å². The zero-order chi connectivity index (χ0) is 24.1. The minimum Gasteiger partial charge on any atom is -0.481 e. The summed E-state index contributed by atoms with van der Waals surface area (Å²) in [7, 11) is 0. The van der Waals surface area contributed by atoms with Crippen molar-refractivity contribution in [1.82, 2.24) is 10.6 Å². The number of alkyl carbamates (subject to hydrolysis) is 1. The van der Waals surface area contributed by atoms with E-state index >= 15 is 0 Å². The molecule has 1 saturated heterocycles. The molecule has 0 radical (unpaired) electrons. The van der Waals surface area contributed by atoms with E-state index in [-0.39, 0.29) is 37.3 Å². The maximum atomic E-state index is 12.6. The summed E-state index contributed by atoms with van der Waals surface area (Å²) in [6.07, 6.45) is -0.273. The number of amides is 2. The van der Waals surface area contributed by atoms with Crippen molar-refractivity contribution >= 4 is 18.0 Å². The van der Waals surface area contributed by atoms with Gasteiger partial charge in [-0.15, -0.1) is 0 Å². The smallest absolute Gasteiger partial charge is 0.407 e. The fourth-order valence-corrected chi connectivity index (χ4v) is 4.79. The molecule has 0 aromatic heterocycles. The molecule has 1 heterocycles. The quantitative estimate of drug-likeness (QED) is 0.523. The normalized spacial score (nSPS) is 19.7. The van der Waals surface area contributed by atoms with Crippen LogP contribution >= 0.6 is 0 Å². The summed E-state index contributed by atoms with van der Waals surface area (Å²) >= 11 is 0. The Balaban J connectivity index is 1.29. The lowest BCUT2D eigenvalue weighted by molar-refractivity contribution is -0.138. The minimum absolute atomic E-state index is 0.0216. The Morgan fingerprint density at radius 3 is 2.35 bits per heavy atom. The lowest BCUT2D eigenvalue weighted by atomic mass is 9.98. The standard InChI is InChI=1S/C26H30N2O6/c1-2-17(13-23(29)30)28-25(31)24-16(11-12-33-24)14-27-26(32)34-15-22-20-9-5-3-7-18(20)19-8-4-6-10-21(19)22/h3-10,16-17,22,24H,2,11-15H2,1H3,(H,27,32)(H,28,31)(H,29,30)/t16-,17+,24-/m1/s1. The number of carboxylic acid groups (broad SMARTS) is 1. The SMILES string of the molecule is CC[C@@H](CC(=O)O)NC(=O)[C@@H]1OCC[C@@H]1CNC(=O)OCC1c2ccccc2-c2ccccc21. The molecule has 3 atom stereocenters. The van der Waals surface area contributed by atoms with Crippen molar-refractivity contribution in [2.45, 2.75) is 44.2 Å². The van der Waals surface area contributed by atoms with Crippen molar-refractivity contribution < 1.29 is 29.0 Å². The third-order valence-corrected chi connectivity index (χ3v) is 6.59. The van der Waals surface area contributed by atoms with Crippen molar-refractivity contribution in [2.75, 3.05) is 19.8 Å². The Hall–Kier alpha value is -3.39. The zero-order valence-corrected chi connectivity index (χ0v) is 19.2. The molecule has 2 amide bonds. The molecule has 1 fully saturated rings. The first kappa shape index (κ1) is 23.8. The van der Waals surface area contributed by atoms with E-state index in [1.165, 1.54) is 0 Å². The molecular weight excluding hydrogens is 436 g/mol. The number of nitrogens with one attached hydrogen (secondary N) is 2. The molecule has 2 aliphatic rings. The summed E-state index contributed by atoms with van der Waals surface area (Å²) in [5.74, 6) is -1.53. The van der Waals surface area contributed by atoms with E-state index in [1.807, 2.05) is 31.2 Å². The van der Waals surface area contributed by atoms with Crippen LogP contribution in [0.5, 0.6) is 0 Å². The van der Waals surface area contributed by atoms with Crippen LogP contribution in [-0.2, 0) is 19.1 Å². The number of aliphatic carboxylic acids is 1. The predicted octanol–water partition coefficient (Wildman–Crippen LogP) is 3.30. The van der Waals surface area contributed by atoms with Crippen LogP contribution in [0.3, 0.4) is 0 Å². The largest absolute Gasteiger partial charge is 0.481 e. The number of rotatable bonds is 9. The van der Waals surface area contributed by atoms with Crippen LogP contribution in [0.15, 0.2) is 48.5 Å². The fraction of sp³-hybridized carbons (Fsp3) is 0.423. The maximum absolute atomic E-state index is 12.6. The first-order chi connectivity index (χ1) is 16.5. The molecule has 34 heavy (non-hydrogen) atoms. The number of carbonyl (C=O) groups excluding carboxylic acids is 2. The van der Waals surface area contributed by atoms with Gasteiger partial charge in [0.05, 0.1) is 6.42 Å². The van der Waals surface area contributed by atoms with E-state index in [2.05, 4.69) is 34.9 Å². The lowest BCUT2D eigenvalue weighted by Crippen LogP contribution is -2.46. The Labute approximate surface area is 198 Å². The van der Waals surface area contributed by atoms with E-state index in [9.17, 15) is 14.4 Å². The molecule has 0 unspecified atom stereocenters. The number of ether oxygens (including phenoxy) is 2. The second-order valence-electron chi connectivity index (χ2n) is 8.76. The first-order valence-electron chi connectivity index (χ1n) is 11.7. The molecule has 0 bridgehead atoms. The van der Waals surface area contributed by atoms with Gasteiger partial charge in [-0.2, -0.15) is 0 Å². The van der Waals surface area contributed by atoms with Crippen LogP contribution in [0.2, 0.25) is 0 Å². The molecule has 8 heteroatoms. The van der Waals surface area contributed by atoms with Crippen molar-refractivity contribution in [2.24, 2.45) is 5.92 Å². The number of carbonyl (C=O) groups is 3. The minimum atomic E-state index is -0.965.